The molecule has 2 N–H and O–H groups in total. The molecule has 0 aromatic heterocycles. The molecule has 3 nitrogen and oxygen atoms in total. The number of carbonyl (C=O) groups is 1. The molecule has 1 aromatic rings. The predicted molar refractivity (Wildman–Crippen MR) is 60.1 cm³/mol. The molecule has 0 aliphatic carbocycles. The number of benzene rings is 1. The summed E-state index contributed by atoms with van der Waals surface area (Å²) in [6, 6.07) is 4.10. The fourth-order valence-corrected chi connectivity index (χ4v) is 1.66. The van der Waals surface area contributed by atoms with E-state index in [1.165, 1.54) is 17.0 Å². The van der Waals surface area contributed by atoms with E-state index in [1.54, 1.807) is 13.1 Å². The third kappa shape index (κ3) is 3.28. The molecular weight excluding hydrogens is 263 g/mol. The molecule has 0 aliphatic rings. The Morgan fingerprint density at radius 2 is 2.20 bits per heavy atom. The molecule has 82 valence electrons. The lowest BCUT2D eigenvalue weighted by Crippen LogP contribution is -2.31. The zero-order valence-corrected chi connectivity index (χ0v) is 9.92. The van der Waals surface area contributed by atoms with Crippen LogP contribution in [0.1, 0.15) is 10.4 Å². The van der Waals surface area contributed by atoms with Crippen LogP contribution >= 0.6 is 15.9 Å². The Balaban J connectivity index is 2.90. The predicted octanol–water partition coefficient (Wildman–Crippen LogP) is 1.62. The lowest BCUT2D eigenvalue weighted by atomic mass is 10.2. The first-order chi connectivity index (χ1) is 7.04. The maximum Gasteiger partial charge on any atom is 0.253 e. The summed E-state index contributed by atoms with van der Waals surface area (Å²) < 4.78 is 13.6. The highest BCUT2D eigenvalue weighted by Crippen LogP contribution is 2.15. The number of hydrogen-bond acceptors (Lipinski definition) is 2. The van der Waals surface area contributed by atoms with Gasteiger partial charge in [-0.3, -0.25) is 4.79 Å². The molecular formula is C10H12BrFN2O. The minimum Gasteiger partial charge on any atom is -0.340 e. The normalized spacial score (nSPS) is 10.1. The van der Waals surface area contributed by atoms with Crippen molar-refractivity contribution < 1.29 is 9.18 Å². The minimum absolute atomic E-state index is 0.236. The summed E-state index contributed by atoms with van der Waals surface area (Å²) in [5, 5.41) is 0. The zero-order chi connectivity index (χ0) is 11.4. The van der Waals surface area contributed by atoms with Crippen molar-refractivity contribution in [2.75, 3.05) is 20.1 Å². The Kier molecular flexibility index (Phi) is 4.23. The van der Waals surface area contributed by atoms with Crippen LogP contribution in [0.2, 0.25) is 0 Å². The van der Waals surface area contributed by atoms with E-state index in [1.807, 2.05) is 0 Å². The van der Waals surface area contributed by atoms with Crippen molar-refractivity contribution in [1.29, 1.82) is 0 Å². The first-order valence-corrected chi connectivity index (χ1v) is 5.25. The van der Waals surface area contributed by atoms with Gasteiger partial charge in [-0.25, -0.2) is 4.39 Å². The topological polar surface area (TPSA) is 46.3 Å². The molecule has 0 aliphatic heterocycles. The fourth-order valence-electron chi connectivity index (χ4n) is 1.19. The van der Waals surface area contributed by atoms with Crippen molar-refractivity contribution in [2.24, 2.45) is 5.73 Å². The van der Waals surface area contributed by atoms with Gasteiger partial charge in [-0.05, 0) is 18.2 Å². The second kappa shape index (κ2) is 5.23. The van der Waals surface area contributed by atoms with Gasteiger partial charge in [0.05, 0.1) is 0 Å². The summed E-state index contributed by atoms with van der Waals surface area (Å²) in [6.45, 7) is 0.839. The summed E-state index contributed by atoms with van der Waals surface area (Å²) >= 11 is 3.13. The van der Waals surface area contributed by atoms with Crippen molar-refractivity contribution in [2.45, 2.75) is 0 Å². The van der Waals surface area contributed by atoms with Gasteiger partial charge in [0.25, 0.3) is 5.91 Å². The third-order valence-electron chi connectivity index (χ3n) is 1.92. The zero-order valence-electron chi connectivity index (χ0n) is 8.34. The van der Waals surface area contributed by atoms with E-state index in [9.17, 15) is 9.18 Å². The Hall–Kier alpha value is -0.940. The van der Waals surface area contributed by atoms with Crippen LogP contribution in [0.4, 0.5) is 4.39 Å². The monoisotopic (exact) mass is 274 g/mol. The molecule has 0 radical (unpaired) electrons. The number of nitrogens with zero attached hydrogens (tertiary/aromatic N) is 1. The average Bonchev–Trinajstić information content (AvgIpc) is 2.15. The number of hydrogen-bond donors (Lipinski definition) is 1. The molecule has 0 unspecified atom stereocenters. The quantitative estimate of drug-likeness (QED) is 0.911. The van der Waals surface area contributed by atoms with Crippen LogP contribution in [0, 0.1) is 5.82 Å². The fraction of sp³-hybridized carbons (Fsp3) is 0.300. The molecule has 0 heterocycles. The van der Waals surface area contributed by atoms with Crippen LogP contribution in [0.3, 0.4) is 0 Å². The first kappa shape index (κ1) is 12.1. The molecule has 0 saturated carbocycles. The van der Waals surface area contributed by atoms with Gasteiger partial charge >= 0.3 is 0 Å². The van der Waals surface area contributed by atoms with Gasteiger partial charge in [0.15, 0.2) is 0 Å². The summed E-state index contributed by atoms with van der Waals surface area (Å²) in [7, 11) is 1.63. The van der Waals surface area contributed by atoms with Crippen LogP contribution < -0.4 is 5.73 Å². The molecule has 0 saturated heterocycles. The van der Waals surface area contributed by atoms with E-state index in [-0.39, 0.29) is 5.91 Å². The van der Waals surface area contributed by atoms with Gasteiger partial charge in [0, 0.05) is 30.2 Å². The van der Waals surface area contributed by atoms with E-state index in [0.29, 0.717) is 23.1 Å². The average molecular weight is 275 g/mol. The second-order valence-corrected chi connectivity index (χ2v) is 4.09. The van der Waals surface area contributed by atoms with Gasteiger partial charge in [-0.15, -0.1) is 0 Å². The van der Waals surface area contributed by atoms with Crippen molar-refractivity contribution in [3.05, 3.63) is 34.1 Å². The first-order valence-electron chi connectivity index (χ1n) is 4.46. The molecule has 1 amide bonds. The lowest BCUT2D eigenvalue weighted by Gasteiger charge is -2.16. The Morgan fingerprint density at radius 1 is 1.53 bits per heavy atom. The van der Waals surface area contributed by atoms with Crippen molar-refractivity contribution >= 4 is 21.8 Å². The van der Waals surface area contributed by atoms with E-state index in [2.05, 4.69) is 15.9 Å². The highest BCUT2D eigenvalue weighted by atomic mass is 79.9. The number of nitrogens with two attached hydrogens (primary N) is 1. The van der Waals surface area contributed by atoms with Gasteiger partial charge in [0.2, 0.25) is 0 Å². The summed E-state index contributed by atoms with van der Waals surface area (Å²) in [5.74, 6) is -0.672. The number of halogens is 2. The van der Waals surface area contributed by atoms with E-state index >= 15 is 0 Å². The smallest absolute Gasteiger partial charge is 0.253 e. The molecule has 15 heavy (non-hydrogen) atoms. The van der Waals surface area contributed by atoms with Crippen LogP contribution in [0.5, 0.6) is 0 Å². The van der Waals surface area contributed by atoms with E-state index in [0.717, 1.165) is 0 Å². The molecule has 1 aromatic carbocycles. The van der Waals surface area contributed by atoms with Crippen LogP contribution in [0.15, 0.2) is 22.7 Å². The third-order valence-corrected chi connectivity index (χ3v) is 2.38. The molecule has 1 rings (SSSR count). The molecule has 5 heteroatoms. The Bertz CT molecular complexity index is 350. The Labute approximate surface area is 96.2 Å². The number of rotatable bonds is 3. The van der Waals surface area contributed by atoms with Gasteiger partial charge in [0.1, 0.15) is 5.82 Å². The summed E-state index contributed by atoms with van der Waals surface area (Å²) in [4.78, 5) is 13.2. The standard InChI is InChI=1S/C10H12BrFN2O/c1-14(3-2-13)10(15)7-4-8(11)6-9(12)5-7/h4-6H,2-3,13H2,1H3. The SMILES string of the molecule is CN(CCN)C(=O)c1cc(F)cc(Br)c1. The number of carbonyl (C=O) groups excluding carboxylic acids is 1. The van der Waals surface area contributed by atoms with Gasteiger partial charge in [-0.2, -0.15) is 0 Å². The minimum atomic E-state index is -0.436. The maximum atomic E-state index is 13.0. The van der Waals surface area contributed by atoms with Gasteiger partial charge < -0.3 is 10.6 Å². The molecule has 0 fully saturated rings. The van der Waals surface area contributed by atoms with Crippen LogP contribution in [0.25, 0.3) is 0 Å². The van der Waals surface area contributed by atoms with Crippen molar-refractivity contribution in [3.63, 3.8) is 0 Å². The van der Waals surface area contributed by atoms with Gasteiger partial charge in [-0.1, -0.05) is 15.9 Å². The molecule has 0 atom stereocenters. The number of amides is 1. The lowest BCUT2D eigenvalue weighted by molar-refractivity contribution is 0.0798. The van der Waals surface area contributed by atoms with Crippen molar-refractivity contribution in [3.8, 4) is 0 Å². The van der Waals surface area contributed by atoms with Crippen LogP contribution in [-0.2, 0) is 0 Å². The van der Waals surface area contributed by atoms with Crippen LogP contribution in [-0.4, -0.2) is 30.9 Å². The second-order valence-electron chi connectivity index (χ2n) is 3.17. The Morgan fingerprint density at radius 3 is 2.73 bits per heavy atom. The highest BCUT2D eigenvalue weighted by Gasteiger charge is 2.12. The molecule has 0 bridgehead atoms. The van der Waals surface area contributed by atoms with Crippen molar-refractivity contribution in [1.82, 2.24) is 4.90 Å². The summed E-state index contributed by atoms with van der Waals surface area (Å²) in [5.41, 5.74) is 5.65. The highest BCUT2D eigenvalue weighted by molar-refractivity contribution is 9.10. The molecule has 0 spiro atoms. The van der Waals surface area contributed by atoms with E-state index < -0.39 is 5.82 Å². The van der Waals surface area contributed by atoms with E-state index in [4.69, 9.17) is 5.73 Å². The summed E-state index contributed by atoms with van der Waals surface area (Å²) in [6.07, 6.45) is 0. The maximum absolute atomic E-state index is 13.0. The number of likely N-dealkylation sites (N-methyl/N-ethyl adjacent to an activating group) is 1. The largest absolute Gasteiger partial charge is 0.340 e.